The number of hydrogen-bond acceptors (Lipinski definition) is 2. The summed E-state index contributed by atoms with van der Waals surface area (Å²) in [6.07, 6.45) is 6.08. The SMILES string of the molecule is CC(C)(C)NS(=O)(=O)/N=C/C1CCCC1. The van der Waals surface area contributed by atoms with Crippen molar-refractivity contribution in [2.45, 2.75) is 52.0 Å². The van der Waals surface area contributed by atoms with Crippen LogP contribution in [0.2, 0.25) is 0 Å². The third-order valence-corrected chi connectivity index (χ3v) is 3.52. The molecule has 0 aromatic heterocycles. The summed E-state index contributed by atoms with van der Waals surface area (Å²) >= 11 is 0. The maximum absolute atomic E-state index is 11.5. The number of hydrogen-bond donors (Lipinski definition) is 1. The van der Waals surface area contributed by atoms with E-state index in [0.717, 1.165) is 12.8 Å². The van der Waals surface area contributed by atoms with Crippen LogP contribution < -0.4 is 4.72 Å². The quantitative estimate of drug-likeness (QED) is 0.755. The van der Waals surface area contributed by atoms with Gasteiger partial charge in [-0.05, 0) is 39.5 Å². The van der Waals surface area contributed by atoms with Gasteiger partial charge in [0.05, 0.1) is 0 Å². The van der Waals surface area contributed by atoms with Crippen molar-refractivity contribution in [2.24, 2.45) is 10.3 Å². The molecule has 0 spiro atoms. The molecule has 1 aliphatic carbocycles. The Balaban J connectivity index is 2.55. The molecule has 0 aliphatic heterocycles. The Kier molecular flexibility index (Phi) is 3.89. The van der Waals surface area contributed by atoms with Gasteiger partial charge in [-0.25, -0.2) is 0 Å². The van der Waals surface area contributed by atoms with E-state index < -0.39 is 15.7 Å². The molecule has 0 aromatic carbocycles. The highest BCUT2D eigenvalue weighted by molar-refractivity contribution is 7.88. The van der Waals surface area contributed by atoms with E-state index in [9.17, 15) is 8.42 Å². The molecule has 1 saturated carbocycles. The van der Waals surface area contributed by atoms with Crippen LogP contribution in [0.15, 0.2) is 4.40 Å². The smallest absolute Gasteiger partial charge is 0.191 e. The summed E-state index contributed by atoms with van der Waals surface area (Å²) in [6.45, 7) is 5.40. The molecule has 0 unspecified atom stereocenters. The molecule has 0 atom stereocenters. The van der Waals surface area contributed by atoms with Crippen molar-refractivity contribution in [3.63, 3.8) is 0 Å². The Bertz CT molecular complexity index is 322. The van der Waals surface area contributed by atoms with Crippen LogP contribution in [0.1, 0.15) is 46.5 Å². The predicted octanol–water partition coefficient (Wildman–Crippen LogP) is 1.88. The second-order valence-corrected chi connectivity index (χ2v) is 6.49. The van der Waals surface area contributed by atoms with Crippen molar-refractivity contribution in [3.05, 3.63) is 0 Å². The lowest BCUT2D eigenvalue weighted by Gasteiger charge is -2.17. The van der Waals surface area contributed by atoms with Gasteiger partial charge in [0.15, 0.2) is 0 Å². The zero-order valence-electron chi connectivity index (χ0n) is 9.66. The molecule has 0 aromatic rings. The summed E-state index contributed by atoms with van der Waals surface area (Å²) in [5, 5.41) is 0. The lowest BCUT2D eigenvalue weighted by molar-refractivity contribution is 0.492. The van der Waals surface area contributed by atoms with Crippen molar-refractivity contribution in [3.8, 4) is 0 Å². The molecular formula is C10H20N2O2S. The number of nitrogens with one attached hydrogen (secondary N) is 1. The Labute approximate surface area is 92.4 Å². The Morgan fingerprint density at radius 1 is 1.27 bits per heavy atom. The summed E-state index contributed by atoms with van der Waals surface area (Å²) in [6, 6.07) is 0. The van der Waals surface area contributed by atoms with Crippen LogP contribution >= 0.6 is 0 Å². The lowest BCUT2D eigenvalue weighted by Crippen LogP contribution is -2.39. The summed E-state index contributed by atoms with van der Waals surface area (Å²) in [5.74, 6) is 0.349. The fourth-order valence-corrected chi connectivity index (χ4v) is 2.84. The first-order chi connectivity index (χ1) is 6.79. The fraction of sp³-hybridized carbons (Fsp3) is 0.900. The van der Waals surface area contributed by atoms with E-state index in [4.69, 9.17) is 0 Å². The van der Waals surface area contributed by atoms with Gasteiger partial charge in [0, 0.05) is 11.8 Å². The van der Waals surface area contributed by atoms with E-state index in [1.54, 1.807) is 27.0 Å². The Morgan fingerprint density at radius 2 is 1.80 bits per heavy atom. The Morgan fingerprint density at radius 3 is 2.27 bits per heavy atom. The summed E-state index contributed by atoms with van der Waals surface area (Å²) in [7, 11) is -3.51. The third-order valence-electron chi connectivity index (χ3n) is 2.25. The van der Waals surface area contributed by atoms with Crippen LogP contribution in [0.25, 0.3) is 0 Å². The average molecular weight is 232 g/mol. The highest BCUT2D eigenvalue weighted by Gasteiger charge is 2.19. The van der Waals surface area contributed by atoms with Gasteiger partial charge in [-0.3, -0.25) is 0 Å². The van der Waals surface area contributed by atoms with E-state index in [1.807, 2.05) is 0 Å². The molecule has 88 valence electrons. The van der Waals surface area contributed by atoms with Crippen molar-refractivity contribution >= 4 is 16.4 Å². The Hall–Kier alpha value is -0.420. The molecule has 0 radical (unpaired) electrons. The van der Waals surface area contributed by atoms with E-state index >= 15 is 0 Å². The molecule has 1 rings (SSSR count). The maximum Gasteiger partial charge on any atom is 0.319 e. The highest BCUT2D eigenvalue weighted by atomic mass is 32.2. The summed E-state index contributed by atoms with van der Waals surface area (Å²) in [4.78, 5) is 0. The number of nitrogens with zero attached hydrogens (tertiary/aromatic N) is 1. The second-order valence-electron chi connectivity index (χ2n) is 5.13. The van der Waals surface area contributed by atoms with Gasteiger partial charge in [-0.1, -0.05) is 12.8 Å². The first kappa shape index (κ1) is 12.6. The largest absolute Gasteiger partial charge is 0.319 e. The van der Waals surface area contributed by atoms with E-state index in [-0.39, 0.29) is 0 Å². The predicted molar refractivity (Wildman–Crippen MR) is 62.3 cm³/mol. The highest BCUT2D eigenvalue weighted by Crippen LogP contribution is 2.22. The van der Waals surface area contributed by atoms with Gasteiger partial charge in [-0.15, -0.1) is 0 Å². The van der Waals surface area contributed by atoms with Crippen LogP contribution in [0.5, 0.6) is 0 Å². The van der Waals surface area contributed by atoms with Gasteiger partial charge in [0.25, 0.3) is 0 Å². The third kappa shape index (κ3) is 5.28. The lowest BCUT2D eigenvalue weighted by atomic mass is 10.1. The van der Waals surface area contributed by atoms with Crippen LogP contribution in [0.3, 0.4) is 0 Å². The molecule has 1 N–H and O–H groups in total. The van der Waals surface area contributed by atoms with Gasteiger partial charge >= 0.3 is 10.2 Å². The monoisotopic (exact) mass is 232 g/mol. The van der Waals surface area contributed by atoms with Crippen LogP contribution in [0.4, 0.5) is 0 Å². The molecule has 1 aliphatic rings. The topological polar surface area (TPSA) is 58.5 Å². The molecule has 0 saturated heterocycles. The van der Waals surface area contributed by atoms with E-state index in [2.05, 4.69) is 9.12 Å². The van der Waals surface area contributed by atoms with Crippen molar-refractivity contribution < 1.29 is 8.42 Å². The molecule has 4 nitrogen and oxygen atoms in total. The van der Waals surface area contributed by atoms with Crippen molar-refractivity contribution in [1.82, 2.24) is 4.72 Å². The number of rotatable bonds is 3. The van der Waals surface area contributed by atoms with Gasteiger partial charge < -0.3 is 0 Å². The van der Waals surface area contributed by atoms with E-state index in [0.29, 0.717) is 5.92 Å². The van der Waals surface area contributed by atoms with Gasteiger partial charge in [0.2, 0.25) is 0 Å². The van der Waals surface area contributed by atoms with Crippen molar-refractivity contribution in [1.29, 1.82) is 0 Å². The standard InChI is InChI=1S/C10H20N2O2S/c1-10(2,3)12-15(13,14)11-8-9-6-4-5-7-9/h8-9,12H,4-7H2,1-3H3/b11-8+. The minimum absolute atomic E-state index is 0.349. The maximum atomic E-state index is 11.5. The first-order valence-electron chi connectivity index (χ1n) is 5.38. The second kappa shape index (κ2) is 4.61. The van der Waals surface area contributed by atoms with Crippen LogP contribution in [-0.4, -0.2) is 20.2 Å². The zero-order chi connectivity index (χ0) is 11.5. The normalized spacial score (nSPS) is 20.2. The molecule has 15 heavy (non-hydrogen) atoms. The fourth-order valence-electron chi connectivity index (χ4n) is 1.69. The van der Waals surface area contributed by atoms with Crippen molar-refractivity contribution in [2.75, 3.05) is 0 Å². The van der Waals surface area contributed by atoms with E-state index in [1.165, 1.54) is 12.8 Å². The summed E-state index contributed by atoms with van der Waals surface area (Å²) < 4.78 is 29.1. The van der Waals surface area contributed by atoms with Crippen LogP contribution in [0, 0.1) is 5.92 Å². The van der Waals surface area contributed by atoms with Gasteiger partial charge in [-0.2, -0.15) is 17.5 Å². The molecule has 1 fully saturated rings. The van der Waals surface area contributed by atoms with Gasteiger partial charge in [0.1, 0.15) is 0 Å². The zero-order valence-corrected chi connectivity index (χ0v) is 10.5. The molecule has 0 bridgehead atoms. The molecule has 0 amide bonds. The summed E-state index contributed by atoms with van der Waals surface area (Å²) in [5.41, 5.74) is -0.466. The minimum Gasteiger partial charge on any atom is -0.191 e. The molecule has 5 heteroatoms. The average Bonchev–Trinajstić information content (AvgIpc) is 2.47. The first-order valence-corrected chi connectivity index (χ1v) is 6.82. The minimum atomic E-state index is -3.51. The van der Waals surface area contributed by atoms with Crippen LogP contribution in [-0.2, 0) is 10.2 Å². The molecule has 0 heterocycles. The molecular weight excluding hydrogens is 212 g/mol.